The molecule has 29 heavy (non-hydrogen) atoms. The highest BCUT2D eigenvalue weighted by Crippen LogP contribution is 2.32. The summed E-state index contributed by atoms with van der Waals surface area (Å²) in [5.74, 6) is 3.39. The van der Waals surface area contributed by atoms with Gasteiger partial charge >= 0.3 is 0 Å². The summed E-state index contributed by atoms with van der Waals surface area (Å²) in [5.41, 5.74) is 2.80. The molecule has 1 aliphatic carbocycles. The average Bonchev–Trinajstić information content (AvgIpc) is 3.47. The Labute approximate surface area is 170 Å². The van der Waals surface area contributed by atoms with E-state index in [2.05, 4.69) is 30.9 Å². The number of carbonyl (C=O) groups is 1. The summed E-state index contributed by atoms with van der Waals surface area (Å²) in [6.45, 7) is 3.86. The minimum Gasteiger partial charge on any atom is -0.340 e. The van der Waals surface area contributed by atoms with E-state index in [1.54, 1.807) is 6.20 Å². The van der Waals surface area contributed by atoms with Crippen LogP contribution < -0.4 is 16.0 Å². The number of hydrogen-bond acceptors (Lipinski definition) is 6. The minimum absolute atomic E-state index is 0.0834. The van der Waals surface area contributed by atoms with E-state index in [4.69, 9.17) is 0 Å². The van der Waals surface area contributed by atoms with Crippen LogP contribution in [0.4, 0.5) is 28.8 Å². The first kappa shape index (κ1) is 18.9. The molecule has 2 aromatic heterocycles. The van der Waals surface area contributed by atoms with Crippen molar-refractivity contribution in [2.45, 2.75) is 33.1 Å². The van der Waals surface area contributed by atoms with Crippen LogP contribution in [0.3, 0.4) is 0 Å². The molecule has 7 nitrogen and oxygen atoms in total. The van der Waals surface area contributed by atoms with Crippen LogP contribution >= 0.6 is 0 Å². The zero-order valence-electron chi connectivity index (χ0n) is 16.6. The number of benzene rings is 1. The molecule has 0 unspecified atom stereocenters. The van der Waals surface area contributed by atoms with Crippen molar-refractivity contribution in [1.82, 2.24) is 15.0 Å². The van der Waals surface area contributed by atoms with Gasteiger partial charge in [0, 0.05) is 30.1 Å². The number of aryl methyl sites for hydroxylation is 2. The molecule has 148 valence electrons. The second kappa shape index (κ2) is 8.26. The Morgan fingerprint density at radius 3 is 2.31 bits per heavy atom. The Balaban J connectivity index is 1.41. The molecule has 0 aliphatic heterocycles. The molecule has 2 heterocycles. The SMILES string of the molecule is Cc1ccnc(Nc2cc(Nc3ccc(NC(=O)CC4CC4)cc3)nc(C)n2)c1. The summed E-state index contributed by atoms with van der Waals surface area (Å²) in [5, 5.41) is 9.44. The molecule has 1 aliphatic rings. The normalized spacial score (nSPS) is 13.0. The fourth-order valence-corrected chi connectivity index (χ4v) is 3.01. The van der Waals surface area contributed by atoms with Gasteiger partial charge in [-0.1, -0.05) is 0 Å². The maximum absolute atomic E-state index is 11.9. The topological polar surface area (TPSA) is 91.8 Å². The summed E-state index contributed by atoms with van der Waals surface area (Å²) >= 11 is 0. The molecule has 0 bridgehead atoms. The summed E-state index contributed by atoms with van der Waals surface area (Å²) in [6, 6.07) is 13.3. The molecular weight excluding hydrogens is 364 g/mol. The Kier molecular flexibility index (Phi) is 5.37. The smallest absolute Gasteiger partial charge is 0.224 e. The van der Waals surface area contributed by atoms with Gasteiger partial charge in [-0.2, -0.15) is 0 Å². The van der Waals surface area contributed by atoms with E-state index in [1.807, 2.05) is 56.3 Å². The third-order valence-electron chi connectivity index (χ3n) is 4.62. The molecule has 3 N–H and O–H groups in total. The van der Waals surface area contributed by atoms with Gasteiger partial charge in [-0.3, -0.25) is 4.79 Å². The maximum atomic E-state index is 11.9. The van der Waals surface area contributed by atoms with Crippen molar-refractivity contribution in [3.05, 3.63) is 60.0 Å². The Hall–Kier alpha value is -3.48. The van der Waals surface area contributed by atoms with Crippen LogP contribution in [0.2, 0.25) is 0 Å². The van der Waals surface area contributed by atoms with Gasteiger partial charge < -0.3 is 16.0 Å². The van der Waals surface area contributed by atoms with Crippen LogP contribution in [0.15, 0.2) is 48.7 Å². The maximum Gasteiger partial charge on any atom is 0.224 e. The van der Waals surface area contributed by atoms with E-state index in [9.17, 15) is 4.79 Å². The first-order valence-corrected chi connectivity index (χ1v) is 9.76. The van der Waals surface area contributed by atoms with Crippen molar-refractivity contribution in [1.29, 1.82) is 0 Å². The van der Waals surface area contributed by atoms with Gasteiger partial charge in [0.2, 0.25) is 5.91 Å². The van der Waals surface area contributed by atoms with Crippen LogP contribution in [-0.4, -0.2) is 20.9 Å². The molecule has 1 amide bonds. The predicted octanol–water partition coefficient (Wildman–Crippen LogP) is 4.71. The fourth-order valence-electron chi connectivity index (χ4n) is 3.01. The number of pyridine rings is 1. The van der Waals surface area contributed by atoms with Gasteiger partial charge in [0.25, 0.3) is 0 Å². The molecule has 3 aromatic rings. The van der Waals surface area contributed by atoms with Crippen molar-refractivity contribution in [2.24, 2.45) is 5.92 Å². The van der Waals surface area contributed by atoms with Gasteiger partial charge in [-0.15, -0.1) is 0 Å². The van der Waals surface area contributed by atoms with Gasteiger partial charge in [0.15, 0.2) is 0 Å². The monoisotopic (exact) mass is 388 g/mol. The first-order chi connectivity index (χ1) is 14.0. The summed E-state index contributed by atoms with van der Waals surface area (Å²) < 4.78 is 0. The summed E-state index contributed by atoms with van der Waals surface area (Å²) in [7, 11) is 0. The second-order valence-corrected chi connectivity index (χ2v) is 7.43. The Morgan fingerprint density at radius 2 is 1.62 bits per heavy atom. The van der Waals surface area contributed by atoms with Crippen molar-refractivity contribution in [3.8, 4) is 0 Å². The molecule has 7 heteroatoms. The van der Waals surface area contributed by atoms with Crippen molar-refractivity contribution in [3.63, 3.8) is 0 Å². The Bertz CT molecular complexity index is 1010. The average molecular weight is 388 g/mol. The number of anilines is 5. The van der Waals surface area contributed by atoms with Crippen LogP contribution in [-0.2, 0) is 4.79 Å². The number of nitrogens with one attached hydrogen (secondary N) is 3. The lowest BCUT2D eigenvalue weighted by Crippen LogP contribution is -2.11. The van der Waals surface area contributed by atoms with E-state index in [0.717, 1.165) is 22.8 Å². The lowest BCUT2D eigenvalue weighted by molar-refractivity contribution is -0.116. The van der Waals surface area contributed by atoms with Crippen molar-refractivity contribution >= 4 is 34.7 Å². The zero-order chi connectivity index (χ0) is 20.2. The van der Waals surface area contributed by atoms with E-state index in [-0.39, 0.29) is 5.91 Å². The Morgan fingerprint density at radius 1 is 0.931 bits per heavy atom. The number of nitrogens with zero attached hydrogens (tertiary/aromatic N) is 3. The third kappa shape index (κ3) is 5.51. The van der Waals surface area contributed by atoms with Crippen LogP contribution in [0.25, 0.3) is 0 Å². The molecule has 4 rings (SSSR count). The summed E-state index contributed by atoms with van der Waals surface area (Å²) in [6.07, 6.45) is 4.72. The number of aromatic nitrogens is 3. The number of carbonyl (C=O) groups excluding carboxylic acids is 1. The van der Waals surface area contributed by atoms with Crippen LogP contribution in [0.5, 0.6) is 0 Å². The van der Waals surface area contributed by atoms with E-state index < -0.39 is 0 Å². The lowest BCUT2D eigenvalue weighted by Gasteiger charge is -2.11. The van der Waals surface area contributed by atoms with E-state index in [1.165, 1.54) is 12.8 Å². The van der Waals surface area contributed by atoms with Crippen molar-refractivity contribution in [2.75, 3.05) is 16.0 Å². The van der Waals surface area contributed by atoms with Crippen molar-refractivity contribution < 1.29 is 4.79 Å². The van der Waals surface area contributed by atoms with Gasteiger partial charge in [-0.25, -0.2) is 15.0 Å². The van der Waals surface area contributed by atoms with E-state index >= 15 is 0 Å². The fraction of sp³-hybridized carbons (Fsp3) is 0.273. The summed E-state index contributed by atoms with van der Waals surface area (Å²) in [4.78, 5) is 25.1. The first-order valence-electron chi connectivity index (χ1n) is 9.76. The molecular formula is C22H24N6O. The quantitative estimate of drug-likeness (QED) is 0.543. The molecule has 1 fully saturated rings. The van der Waals surface area contributed by atoms with Crippen LogP contribution in [0.1, 0.15) is 30.7 Å². The molecule has 1 saturated carbocycles. The minimum atomic E-state index is 0.0834. The highest BCUT2D eigenvalue weighted by Gasteiger charge is 2.24. The van der Waals surface area contributed by atoms with Gasteiger partial charge in [0.1, 0.15) is 23.3 Å². The standard InChI is InChI=1S/C22H24N6O/c1-14-9-10-23-19(11-14)28-21-13-20(24-15(2)25-21)26-17-5-7-18(8-6-17)27-22(29)12-16-3-4-16/h5-11,13,16H,3-4,12H2,1-2H3,(H,27,29)(H2,23,24,25,26,28). The number of rotatable bonds is 7. The highest BCUT2D eigenvalue weighted by molar-refractivity contribution is 5.91. The lowest BCUT2D eigenvalue weighted by atomic mass is 10.2. The largest absolute Gasteiger partial charge is 0.340 e. The molecule has 0 saturated heterocycles. The molecule has 1 aromatic carbocycles. The number of hydrogen-bond donors (Lipinski definition) is 3. The highest BCUT2D eigenvalue weighted by atomic mass is 16.1. The van der Waals surface area contributed by atoms with Crippen LogP contribution in [0, 0.1) is 19.8 Å². The van der Waals surface area contributed by atoms with Gasteiger partial charge in [-0.05, 0) is 74.6 Å². The van der Waals surface area contributed by atoms with Gasteiger partial charge in [0.05, 0.1) is 0 Å². The second-order valence-electron chi connectivity index (χ2n) is 7.43. The number of amides is 1. The zero-order valence-corrected chi connectivity index (χ0v) is 16.6. The molecule has 0 radical (unpaired) electrons. The predicted molar refractivity (Wildman–Crippen MR) is 115 cm³/mol. The van der Waals surface area contributed by atoms with E-state index in [0.29, 0.717) is 29.8 Å². The molecule has 0 spiro atoms. The third-order valence-corrected chi connectivity index (χ3v) is 4.62. The molecule has 0 atom stereocenters.